The first-order chi connectivity index (χ1) is 8.90. The largest absolute Gasteiger partial charge is 0.395 e. The summed E-state index contributed by atoms with van der Waals surface area (Å²) in [4.78, 5) is 25.2. The van der Waals surface area contributed by atoms with Crippen LogP contribution in [0.3, 0.4) is 0 Å². The molecular weight excluding hydrogens is 246 g/mol. The molecule has 7 nitrogen and oxygen atoms in total. The van der Waals surface area contributed by atoms with Crippen molar-refractivity contribution in [1.29, 1.82) is 0 Å². The standard InChI is InChI=1S/C12H19N5O2/c1-7-10(13)11(17(3)15-7)12(19)16(2)6-9(18)14-8-4-5-8/h8H,4-6,13H2,1-3H3,(H,14,18). The minimum atomic E-state index is -0.299. The highest BCUT2D eigenvalue weighted by Gasteiger charge is 2.26. The molecule has 1 heterocycles. The van der Waals surface area contributed by atoms with Crippen molar-refractivity contribution in [2.75, 3.05) is 19.3 Å². The minimum Gasteiger partial charge on any atom is -0.395 e. The van der Waals surface area contributed by atoms with Gasteiger partial charge in [-0.3, -0.25) is 14.3 Å². The molecule has 2 rings (SSSR count). The van der Waals surface area contributed by atoms with Gasteiger partial charge in [0, 0.05) is 20.1 Å². The van der Waals surface area contributed by atoms with E-state index in [1.807, 2.05) is 0 Å². The van der Waals surface area contributed by atoms with Crippen molar-refractivity contribution in [2.24, 2.45) is 7.05 Å². The molecule has 0 bridgehead atoms. The van der Waals surface area contributed by atoms with Gasteiger partial charge in [0.1, 0.15) is 5.69 Å². The monoisotopic (exact) mass is 265 g/mol. The summed E-state index contributed by atoms with van der Waals surface area (Å²) < 4.78 is 1.45. The fourth-order valence-electron chi connectivity index (χ4n) is 1.90. The first-order valence-corrected chi connectivity index (χ1v) is 6.24. The second-order valence-electron chi connectivity index (χ2n) is 4.97. The van der Waals surface area contributed by atoms with Gasteiger partial charge in [0.25, 0.3) is 5.91 Å². The van der Waals surface area contributed by atoms with Crippen LogP contribution >= 0.6 is 0 Å². The van der Waals surface area contributed by atoms with Gasteiger partial charge in [-0.05, 0) is 19.8 Å². The molecule has 19 heavy (non-hydrogen) atoms. The van der Waals surface area contributed by atoms with Crippen LogP contribution in [0.25, 0.3) is 0 Å². The Labute approximate surface area is 111 Å². The number of aryl methyl sites for hydroxylation is 2. The summed E-state index contributed by atoms with van der Waals surface area (Å²) >= 11 is 0. The molecule has 7 heteroatoms. The molecular formula is C12H19N5O2. The molecule has 1 saturated carbocycles. The molecule has 1 aromatic rings. The van der Waals surface area contributed by atoms with Crippen molar-refractivity contribution in [3.8, 4) is 0 Å². The predicted molar refractivity (Wildman–Crippen MR) is 70.5 cm³/mol. The Hall–Kier alpha value is -2.05. The van der Waals surface area contributed by atoms with Gasteiger partial charge in [-0.1, -0.05) is 0 Å². The third kappa shape index (κ3) is 2.86. The minimum absolute atomic E-state index is 0.0268. The van der Waals surface area contributed by atoms with Crippen LogP contribution < -0.4 is 11.1 Å². The van der Waals surface area contributed by atoms with Gasteiger partial charge in [0.05, 0.1) is 17.9 Å². The van der Waals surface area contributed by atoms with Crippen molar-refractivity contribution in [3.05, 3.63) is 11.4 Å². The summed E-state index contributed by atoms with van der Waals surface area (Å²) in [6, 6.07) is 0.292. The molecule has 0 saturated heterocycles. The number of nitrogen functional groups attached to an aromatic ring is 1. The molecule has 3 N–H and O–H groups in total. The lowest BCUT2D eigenvalue weighted by Gasteiger charge is -2.17. The van der Waals surface area contributed by atoms with E-state index in [4.69, 9.17) is 5.73 Å². The van der Waals surface area contributed by atoms with E-state index >= 15 is 0 Å². The smallest absolute Gasteiger partial charge is 0.274 e. The van der Waals surface area contributed by atoms with E-state index < -0.39 is 0 Å². The maximum Gasteiger partial charge on any atom is 0.274 e. The lowest BCUT2D eigenvalue weighted by Crippen LogP contribution is -2.39. The molecule has 1 fully saturated rings. The highest BCUT2D eigenvalue weighted by molar-refractivity contribution is 5.99. The molecule has 104 valence electrons. The van der Waals surface area contributed by atoms with Crippen LogP contribution in [-0.2, 0) is 11.8 Å². The second-order valence-corrected chi connectivity index (χ2v) is 4.97. The quantitative estimate of drug-likeness (QED) is 0.779. The lowest BCUT2D eigenvalue weighted by atomic mass is 10.2. The Morgan fingerprint density at radius 3 is 2.63 bits per heavy atom. The molecule has 0 atom stereocenters. The number of nitrogens with one attached hydrogen (secondary N) is 1. The number of aromatic nitrogens is 2. The Kier molecular flexibility index (Phi) is 3.46. The summed E-state index contributed by atoms with van der Waals surface area (Å²) in [5, 5.41) is 6.93. The molecule has 0 radical (unpaired) electrons. The fraction of sp³-hybridized carbons (Fsp3) is 0.583. The van der Waals surface area contributed by atoms with E-state index in [2.05, 4.69) is 10.4 Å². The SMILES string of the molecule is Cc1nn(C)c(C(=O)N(C)CC(=O)NC2CC2)c1N. The zero-order chi connectivity index (χ0) is 14.2. The summed E-state index contributed by atoms with van der Waals surface area (Å²) in [5.41, 5.74) is 7.13. The topological polar surface area (TPSA) is 93.2 Å². The molecule has 0 aliphatic heterocycles. The van der Waals surface area contributed by atoms with Gasteiger partial charge in [-0.15, -0.1) is 0 Å². The number of hydrogen-bond acceptors (Lipinski definition) is 4. The summed E-state index contributed by atoms with van der Waals surface area (Å²) in [5.74, 6) is -0.442. The van der Waals surface area contributed by atoms with Crippen molar-refractivity contribution in [1.82, 2.24) is 20.0 Å². The van der Waals surface area contributed by atoms with E-state index in [0.29, 0.717) is 23.1 Å². The van der Waals surface area contributed by atoms with E-state index in [9.17, 15) is 9.59 Å². The molecule has 0 spiro atoms. The average molecular weight is 265 g/mol. The molecule has 2 amide bonds. The van der Waals surface area contributed by atoms with Crippen molar-refractivity contribution < 1.29 is 9.59 Å². The highest BCUT2D eigenvalue weighted by atomic mass is 16.2. The van der Waals surface area contributed by atoms with E-state index in [1.54, 1.807) is 21.0 Å². The van der Waals surface area contributed by atoms with Crippen LogP contribution in [0, 0.1) is 6.92 Å². The average Bonchev–Trinajstić information content (AvgIpc) is 3.07. The molecule has 0 unspecified atom stereocenters. The van der Waals surface area contributed by atoms with Crippen LogP contribution in [-0.4, -0.2) is 46.1 Å². The van der Waals surface area contributed by atoms with Gasteiger partial charge >= 0.3 is 0 Å². The molecule has 1 aliphatic rings. The number of anilines is 1. The van der Waals surface area contributed by atoms with E-state index in [1.165, 1.54) is 9.58 Å². The molecule has 1 aliphatic carbocycles. The Morgan fingerprint density at radius 1 is 1.53 bits per heavy atom. The van der Waals surface area contributed by atoms with Gasteiger partial charge in [-0.25, -0.2) is 0 Å². The summed E-state index contributed by atoms with van der Waals surface area (Å²) in [6.07, 6.45) is 2.05. The maximum absolute atomic E-state index is 12.2. The number of nitrogens with zero attached hydrogens (tertiary/aromatic N) is 3. The summed E-state index contributed by atoms with van der Waals surface area (Å²) in [6.45, 7) is 1.77. The van der Waals surface area contributed by atoms with Gasteiger partial charge in [0.2, 0.25) is 5.91 Å². The molecule has 1 aromatic heterocycles. The zero-order valence-electron chi connectivity index (χ0n) is 11.4. The van der Waals surface area contributed by atoms with Gasteiger partial charge in [-0.2, -0.15) is 5.10 Å². The number of rotatable bonds is 4. The Bertz CT molecular complexity index is 518. The number of amides is 2. The number of carbonyl (C=O) groups excluding carboxylic acids is 2. The first-order valence-electron chi connectivity index (χ1n) is 6.24. The molecule has 0 aromatic carbocycles. The number of nitrogens with two attached hydrogens (primary N) is 1. The maximum atomic E-state index is 12.2. The van der Waals surface area contributed by atoms with Crippen LogP contribution in [0.5, 0.6) is 0 Å². The number of likely N-dealkylation sites (N-methyl/N-ethyl adjacent to an activating group) is 1. The highest BCUT2D eigenvalue weighted by Crippen LogP contribution is 2.19. The number of carbonyl (C=O) groups is 2. The van der Waals surface area contributed by atoms with Crippen LogP contribution in [0.15, 0.2) is 0 Å². The van der Waals surface area contributed by atoms with Gasteiger partial charge in [0.15, 0.2) is 0 Å². The van der Waals surface area contributed by atoms with E-state index in [-0.39, 0.29) is 18.4 Å². The number of hydrogen-bond donors (Lipinski definition) is 2. The fourth-order valence-corrected chi connectivity index (χ4v) is 1.90. The third-order valence-corrected chi connectivity index (χ3v) is 3.14. The van der Waals surface area contributed by atoms with Crippen molar-refractivity contribution >= 4 is 17.5 Å². The Morgan fingerprint density at radius 2 is 2.16 bits per heavy atom. The first kappa shape index (κ1) is 13.4. The normalized spacial score (nSPS) is 14.3. The second kappa shape index (κ2) is 4.91. The van der Waals surface area contributed by atoms with E-state index in [0.717, 1.165) is 12.8 Å². The summed E-state index contributed by atoms with van der Waals surface area (Å²) in [7, 11) is 3.24. The van der Waals surface area contributed by atoms with Crippen molar-refractivity contribution in [3.63, 3.8) is 0 Å². The zero-order valence-corrected chi connectivity index (χ0v) is 11.4. The van der Waals surface area contributed by atoms with Crippen LogP contribution in [0.1, 0.15) is 29.0 Å². The Balaban J connectivity index is 2.03. The third-order valence-electron chi connectivity index (χ3n) is 3.14. The predicted octanol–water partition coefficient (Wildman–Crippen LogP) is -0.339. The van der Waals surface area contributed by atoms with Gasteiger partial charge < -0.3 is 16.0 Å². The lowest BCUT2D eigenvalue weighted by molar-refractivity contribution is -0.121. The van der Waals surface area contributed by atoms with Crippen LogP contribution in [0.4, 0.5) is 5.69 Å². The van der Waals surface area contributed by atoms with Crippen molar-refractivity contribution in [2.45, 2.75) is 25.8 Å². The van der Waals surface area contributed by atoms with Crippen LogP contribution in [0.2, 0.25) is 0 Å².